The second-order valence-corrected chi connectivity index (χ2v) is 4.57. The van der Waals surface area contributed by atoms with Gasteiger partial charge in [-0.25, -0.2) is 4.99 Å². The number of nitrogens with zero attached hydrogens (tertiary/aromatic N) is 2. The van der Waals surface area contributed by atoms with Gasteiger partial charge in [-0.05, 0) is 6.92 Å². The highest BCUT2D eigenvalue weighted by molar-refractivity contribution is 5.77. The molecule has 0 fully saturated rings. The molecule has 1 atom stereocenters. The highest BCUT2D eigenvalue weighted by Crippen LogP contribution is 2.01. The lowest BCUT2D eigenvalue weighted by Gasteiger charge is -2.18. The van der Waals surface area contributed by atoms with Gasteiger partial charge in [0, 0.05) is 53.5 Å². The van der Waals surface area contributed by atoms with Crippen LogP contribution in [0.25, 0.3) is 0 Å². The minimum Gasteiger partial charge on any atom is -0.478 e. The first-order valence-electron chi connectivity index (χ1n) is 6.65. The van der Waals surface area contributed by atoms with Crippen LogP contribution < -0.4 is 5.32 Å². The highest BCUT2D eigenvalue weighted by Gasteiger charge is 2.07. The number of carbonyl (C=O) groups excluding carboxylic acids is 2. The molecule has 6 nitrogen and oxygen atoms in total. The third-order valence-electron chi connectivity index (χ3n) is 2.72. The molecule has 0 radical (unpaired) electrons. The van der Waals surface area contributed by atoms with Crippen molar-refractivity contribution in [1.29, 1.82) is 0 Å². The van der Waals surface area contributed by atoms with Crippen LogP contribution >= 0.6 is 0 Å². The number of hydrogen-bond donors (Lipinski definition) is 1. The smallest absolute Gasteiger partial charge is 0.223 e. The SMILES string of the molecule is CNC(=O)C/C=C\N=C(/C)OC(C)CCN(C)C(C)=O. The first-order valence-corrected chi connectivity index (χ1v) is 6.65. The largest absolute Gasteiger partial charge is 0.478 e. The highest BCUT2D eigenvalue weighted by atomic mass is 16.5. The molecule has 0 rings (SSSR count). The lowest BCUT2D eigenvalue weighted by molar-refractivity contribution is -0.127. The topological polar surface area (TPSA) is 71.0 Å². The summed E-state index contributed by atoms with van der Waals surface area (Å²) in [5, 5.41) is 2.52. The molecule has 20 heavy (non-hydrogen) atoms. The number of amides is 2. The maximum Gasteiger partial charge on any atom is 0.223 e. The Morgan fingerprint density at radius 3 is 2.60 bits per heavy atom. The van der Waals surface area contributed by atoms with E-state index in [1.807, 2.05) is 6.92 Å². The van der Waals surface area contributed by atoms with Gasteiger partial charge < -0.3 is 15.0 Å². The molecule has 0 aliphatic carbocycles. The van der Waals surface area contributed by atoms with E-state index >= 15 is 0 Å². The quantitative estimate of drug-likeness (QED) is 0.566. The van der Waals surface area contributed by atoms with Crippen molar-refractivity contribution in [2.45, 2.75) is 39.7 Å². The summed E-state index contributed by atoms with van der Waals surface area (Å²) in [5.74, 6) is 0.520. The number of aliphatic imine (C=N–C) groups is 1. The summed E-state index contributed by atoms with van der Waals surface area (Å²) < 4.78 is 5.57. The molecule has 0 heterocycles. The van der Waals surface area contributed by atoms with Crippen molar-refractivity contribution in [2.24, 2.45) is 4.99 Å². The molecule has 2 amide bonds. The van der Waals surface area contributed by atoms with Gasteiger partial charge in [0.25, 0.3) is 0 Å². The Bertz CT molecular complexity index is 378. The Morgan fingerprint density at radius 2 is 2.05 bits per heavy atom. The van der Waals surface area contributed by atoms with Gasteiger partial charge >= 0.3 is 0 Å². The van der Waals surface area contributed by atoms with Crippen LogP contribution in [0.1, 0.15) is 33.6 Å². The Kier molecular flexibility index (Phi) is 9.07. The van der Waals surface area contributed by atoms with Crippen molar-refractivity contribution >= 4 is 17.7 Å². The zero-order chi connectivity index (χ0) is 15.5. The monoisotopic (exact) mass is 283 g/mol. The second-order valence-electron chi connectivity index (χ2n) is 4.57. The van der Waals surface area contributed by atoms with Crippen molar-refractivity contribution in [1.82, 2.24) is 10.2 Å². The molecule has 114 valence electrons. The van der Waals surface area contributed by atoms with Crippen LogP contribution in [0.5, 0.6) is 0 Å². The molecule has 0 aromatic heterocycles. The average molecular weight is 283 g/mol. The van der Waals surface area contributed by atoms with Gasteiger partial charge in [0.05, 0.1) is 6.10 Å². The van der Waals surface area contributed by atoms with Crippen molar-refractivity contribution in [2.75, 3.05) is 20.6 Å². The lowest BCUT2D eigenvalue weighted by Crippen LogP contribution is -2.28. The molecule has 1 unspecified atom stereocenters. The van der Waals surface area contributed by atoms with Crippen molar-refractivity contribution in [3.63, 3.8) is 0 Å². The van der Waals surface area contributed by atoms with E-state index in [2.05, 4.69) is 10.3 Å². The van der Waals surface area contributed by atoms with Crippen molar-refractivity contribution in [3.8, 4) is 0 Å². The summed E-state index contributed by atoms with van der Waals surface area (Å²) in [4.78, 5) is 27.8. The van der Waals surface area contributed by atoms with Crippen molar-refractivity contribution in [3.05, 3.63) is 12.3 Å². The molecule has 0 saturated heterocycles. The zero-order valence-corrected chi connectivity index (χ0v) is 13.0. The molecule has 1 N–H and O–H groups in total. The molecule has 0 aromatic carbocycles. The van der Waals surface area contributed by atoms with Crippen LogP contribution in [-0.4, -0.2) is 49.4 Å². The maximum absolute atomic E-state index is 11.1. The van der Waals surface area contributed by atoms with Gasteiger partial charge in [0.2, 0.25) is 11.8 Å². The van der Waals surface area contributed by atoms with Crippen molar-refractivity contribution < 1.29 is 14.3 Å². The summed E-state index contributed by atoms with van der Waals surface area (Å²) in [5.41, 5.74) is 0. The van der Waals surface area contributed by atoms with E-state index in [9.17, 15) is 9.59 Å². The Morgan fingerprint density at radius 1 is 1.40 bits per heavy atom. The molecule has 0 saturated carbocycles. The molecule has 0 spiro atoms. The van der Waals surface area contributed by atoms with Crippen LogP contribution in [0.3, 0.4) is 0 Å². The Balaban J connectivity index is 4.02. The maximum atomic E-state index is 11.1. The average Bonchev–Trinajstić information content (AvgIpc) is 2.40. The number of ether oxygens (including phenoxy) is 1. The fraction of sp³-hybridized carbons (Fsp3) is 0.643. The van der Waals surface area contributed by atoms with E-state index in [1.54, 1.807) is 38.2 Å². The minimum atomic E-state index is -0.0596. The number of rotatable bonds is 7. The van der Waals surface area contributed by atoms with Gasteiger partial charge in [-0.2, -0.15) is 0 Å². The summed E-state index contributed by atoms with van der Waals surface area (Å²) >= 11 is 0. The van der Waals surface area contributed by atoms with E-state index in [0.717, 1.165) is 6.42 Å². The molecule has 0 bridgehead atoms. The normalized spacial score (nSPS) is 13.2. The van der Waals surface area contributed by atoms with Crippen LogP contribution in [-0.2, 0) is 14.3 Å². The van der Waals surface area contributed by atoms with Gasteiger partial charge in [0.15, 0.2) is 5.90 Å². The minimum absolute atomic E-state index is 0.0205. The zero-order valence-electron chi connectivity index (χ0n) is 13.0. The molecule has 0 aliphatic heterocycles. The van der Waals surface area contributed by atoms with Gasteiger partial charge in [-0.15, -0.1) is 0 Å². The fourth-order valence-electron chi connectivity index (χ4n) is 1.33. The third-order valence-corrected chi connectivity index (χ3v) is 2.72. The summed E-state index contributed by atoms with van der Waals surface area (Å²) in [6.07, 6.45) is 4.24. The molecule has 0 aliphatic rings. The van der Waals surface area contributed by atoms with E-state index in [-0.39, 0.29) is 17.9 Å². The molecule has 6 heteroatoms. The van der Waals surface area contributed by atoms with Crippen LogP contribution in [0.4, 0.5) is 0 Å². The number of hydrogen-bond acceptors (Lipinski definition) is 4. The summed E-state index contributed by atoms with van der Waals surface area (Å²) in [7, 11) is 3.35. The van der Waals surface area contributed by atoms with Gasteiger partial charge in [-0.3, -0.25) is 9.59 Å². The first kappa shape index (κ1) is 18.1. The number of carbonyl (C=O) groups is 2. The Labute approximate surface area is 120 Å². The van der Waals surface area contributed by atoms with Gasteiger partial charge in [0.1, 0.15) is 0 Å². The van der Waals surface area contributed by atoms with Crippen LogP contribution in [0.2, 0.25) is 0 Å². The Hall–Kier alpha value is -1.85. The van der Waals surface area contributed by atoms with E-state index in [0.29, 0.717) is 18.9 Å². The predicted octanol–water partition coefficient (Wildman–Crippen LogP) is 1.33. The fourth-order valence-corrected chi connectivity index (χ4v) is 1.33. The summed E-state index contributed by atoms with van der Waals surface area (Å²) in [6, 6.07) is 0. The molecular formula is C14H25N3O3. The van der Waals surface area contributed by atoms with Gasteiger partial charge in [-0.1, -0.05) is 6.08 Å². The van der Waals surface area contributed by atoms with E-state index < -0.39 is 0 Å². The summed E-state index contributed by atoms with van der Waals surface area (Å²) in [6.45, 7) is 5.88. The first-order chi connectivity index (χ1) is 9.36. The molecule has 0 aromatic rings. The standard InChI is InChI=1S/C14H25N3O3/c1-11(8-10-17(5)13(3)18)20-12(2)16-9-6-7-14(19)15-4/h6,9,11H,7-8,10H2,1-5H3,(H,15,19)/b9-6-,16-12+. The lowest BCUT2D eigenvalue weighted by atomic mass is 10.2. The van der Waals surface area contributed by atoms with Crippen LogP contribution in [0, 0.1) is 0 Å². The second kappa shape index (κ2) is 10.00. The van der Waals surface area contributed by atoms with E-state index in [4.69, 9.17) is 4.74 Å². The third kappa shape index (κ3) is 9.13. The number of nitrogens with one attached hydrogen (secondary N) is 1. The van der Waals surface area contributed by atoms with Crippen LogP contribution in [0.15, 0.2) is 17.3 Å². The predicted molar refractivity (Wildman–Crippen MR) is 79.4 cm³/mol. The van der Waals surface area contributed by atoms with E-state index in [1.165, 1.54) is 6.92 Å². The molecular weight excluding hydrogens is 258 g/mol.